The van der Waals surface area contributed by atoms with E-state index in [0.29, 0.717) is 5.25 Å². The number of nitrogens with zero attached hydrogens (tertiary/aromatic N) is 1. The van der Waals surface area contributed by atoms with Gasteiger partial charge in [0.25, 0.3) is 0 Å². The number of carbonyl (C=O) groups is 2. The Bertz CT molecular complexity index is 532. The lowest BCUT2D eigenvalue weighted by Crippen LogP contribution is -2.53. The third-order valence-corrected chi connectivity index (χ3v) is 9.09. The second-order valence-electron chi connectivity index (χ2n) is 9.31. The Morgan fingerprint density at radius 3 is 2.14 bits per heavy atom. The molecular weight excluding hydrogens is 401 g/mol. The van der Waals surface area contributed by atoms with E-state index in [1.807, 2.05) is 11.9 Å². The van der Waals surface area contributed by atoms with Crippen LogP contribution in [0.3, 0.4) is 0 Å². The maximum Gasteiger partial charge on any atom is 0.248 e. The van der Waals surface area contributed by atoms with Crippen LogP contribution in [0, 0.1) is 5.92 Å². The highest BCUT2D eigenvalue weighted by Gasteiger charge is 2.35. The molecule has 0 bridgehead atoms. The van der Waals surface area contributed by atoms with Crippen molar-refractivity contribution in [3.8, 4) is 0 Å². The Kier molecular flexibility index (Phi) is 9.58. The summed E-state index contributed by atoms with van der Waals surface area (Å²) in [6.07, 6.45) is 17.8. The fraction of sp³-hybridized carbons (Fsp3) is 0.909. The first kappa shape index (κ1) is 23.3. The van der Waals surface area contributed by atoms with E-state index in [2.05, 4.69) is 24.4 Å². The van der Waals surface area contributed by atoms with E-state index in [4.69, 9.17) is 0 Å². The van der Waals surface area contributed by atoms with Crippen molar-refractivity contribution in [2.75, 3.05) is 13.1 Å². The third-order valence-electron chi connectivity index (χ3n) is 6.85. The molecule has 0 aromatic carbocycles. The lowest BCUT2D eigenvalue weighted by Gasteiger charge is -2.34. The maximum absolute atomic E-state index is 12.7. The second kappa shape index (κ2) is 11.9. The summed E-state index contributed by atoms with van der Waals surface area (Å²) < 4.78 is 2.42. The van der Waals surface area contributed by atoms with Crippen LogP contribution >= 0.6 is 21.2 Å². The van der Waals surface area contributed by atoms with Gasteiger partial charge in [0.15, 0.2) is 0 Å². The van der Waals surface area contributed by atoms with E-state index in [1.165, 1.54) is 57.8 Å². The molecule has 0 spiro atoms. The maximum atomic E-state index is 12.7. The zero-order valence-corrected chi connectivity index (χ0v) is 19.9. The minimum absolute atomic E-state index is 0.0245. The van der Waals surface area contributed by atoms with Crippen molar-refractivity contribution in [2.24, 2.45) is 5.92 Å². The number of piperidine rings is 1. The van der Waals surface area contributed by atoms with Gasteiger partial charge in [-0.3, -0.25) is 20.4 Å². The topological polar surface area (TPSA) is 61.4 Å². The molecule has 2 N–H and O–H groups in total. The highest BCUT2D eigenvalue weighted by Crippen LogP contribution is 2.35. The number of amides is 2. The van der Waals surface area contributed by atoms with Crippen LogP contribution in [-0.2, 0) is 9.59 Å². The van der Waals surface area contributed by atoms with Crippen LogP contribution in [0.4, 0.5) is 0 Å². The van der Waals surface area contributed by atoms with Gasteiger partial charge in [0.05, 0.1) is 11.1 Å². The molecule has 1 aliphatic heterocycles. The lowest BCUT2D eigenvalue weighted by molar-refractivity contribution is -0.133. The van der Waals surface area contributed by atoms with E-state index in [-0.39, 0.29) is 17.7 Å². The van der Waals surface area contributed by atoms with E-state index in [9.17, 15) is 9.59 Å². The summed E-state index contributed by atoms with van der Waals surface area (Å²) in [5.74, 6) is -0.0995. The van der Waals surface area contributed by atoms with Crippen LogP contribution in [0.25, 0.3) is 0 Å². The van der Waals surface area contributed by atoms with Crippen LogP contribution < -0.4 is 10.9 Å². The third kappa shape index (κ3) is 7.40. The first-order valence-electron chi connectivity index (χ1n) is 11.9. The van der Waals surface area contributed by atoms with E-state index >= 15 is 0 Å². The molecular formula is C22H40N3O2PS. The summed E-state index contributed by atoms with van der Waals surface area (Å²) >= 11 is 2.00. The molecule has 1 heterocycles. The molecule has 1 saturated heterocycles. The van der Waals surface area contributed by atoms with Crippen LogP contribution in [0.5, 0.6) is 0 Å². The first-order valence-corrected chi connectivity index (χ1v) is 13.3. The molecule has 7 heteroatoms. The SMILES string of the molecule is O=C(NNC(=O)C1(P)CCCCCC1)C1CCCN(SC2CCCCCCC2)C1. The van der Waals surface area contributed by atoms with Crippen molar-refractivity contribution in [3.63, 3.8) is 0 Å². The van der Waals surface area contributed by atoms with E-state index in [1.54, 1.807) is 0 Å². The van der Waals surface area contributed by atoms with Crippen LogP contribution in [-0.4, -0.2) is 39.6 Å². The van der Waals surface area contributed by atoms with Crippen molar-refractivity contribution < 1.29 is 9.59 Å². The molecule has 0 radical (unpaired) electrons. The van der Waals surface area contributed by atoms with Gasteiger partial charge in [0.2, 0.25) is 11.8 Å². The molecule has 166 valence electrons. The monoisotopic (exact) mass is 441 g/mol. The Morgan fingerprint density at radius 1 is 0.828 bits per heavy atom. The molecule has 3 fully saturated rings. The minimum Gasteiger partial charge on any atom is -0.273 e. The summed E-state index contributed by atoms with van der Waals surface area (Å²) in [5, 5.41) is 0.292. The molecule has 2 amide bonds. The van der Waals surface area contributed by atoms with Gasteiger partial charge in [-0.15, -0.1) is 9.24 Å². The molecule has 3 aliphatic rings. The second-order valence-corrected chi connectivity index (χ2v) is 11.8. The summed E-state index contributed by atoms with van der Waals surface area (Å²) in [5.41, 5.74) is 5.49. The fourth-order valence-corrected chi connectivity index (χ4v) is 6.87. The number of rotatable bonds is 4. The van der Waals surface area contributed by atoms with Gasteiger partial charge >= 0.3 is 0 Å². The number of carbonyl (C=O) groups excluding carboxylic acids is 2. The Labute approximate surface area is 183 Å². The zero-order chi connectivity index (χ0) is 20.5. The largest absolute Gasteiger partial charge is 0.273 e. The average molecular weight is 442 g/mol. The first-order chi connectivity index (χ1) is 14.1. The van der Waals surface area contributed by atoms with Gasteiger partial charge in [-0.25, -0.2) is 4.31 Å². The molecule has 5 nitrogen and oxygen atoms in total. The fourth-order valence-electron chi connectivity index (χ4n) is 4.92. The van der Waals surface area contributed by atoms with Crippen molar-refractivity contribution in [1.29, 1.82) is 0 Å². The van der Waals surface area contributed by atoms with Gasteiger partial charge in [-0.1, -0.05) is 69.7 Å². The van der Waals surface area contributed by atoms with Crippen molar-refractivity contribution in [3.05, 3.63) is 0 Å². The van der Waals surface area contributed by atoms with Gasteiger partial charge in [-0.05, 0) is 38.5 Å². The predicted octanol–water partition coefficient (Wildman–Crippen LogP) is 4.58. The predicted molar refractivity (Wildman–Crippen MR) is 124 cm³/mol. The molecule has 2 aliphatic carbocycles. The molecule has 2 saturated carbocycles. The number of nitrogens with one attached hydrogen (secondary N) is 2. The van der Waals surface area contributed by atoms with E-state index < -0.39 is 5.16 Å². The summed E-state index contributed by atoms with van der Waals surface area (Å²) in [4.78, 5) is 25.4. The molecule has 3 rings (SSSR count). The molecule has 0 aromatic rings. The lowest BCUT2D eigenvalue weighted by atomic mass is 9.98. The summed E-state index contributed by atoms with van der Waals surface area (Å²) in [6, 6.07) is 0. The van der Waals surface area contributed by atoms with Gasteiger partial charge in [0, 0.05) is 18.3 Å². The molecule has 2 atom stereocenters. The number of hydrogen-bond donors (Lipinski definition) is 2. The van der Waals surface area contributed by atoms with Crippen molar-refractivity contribution in [2.45, 2.75) is 107 Å². The molecule has 0 aromatic heterocycles. The van der Waals surface area contributed by atoms with E-state index in [0.717, 1.165) is 51.6 Å². The number of hydrogen-bond acceptors (Lipinski definition) is 4. The summed E-state index contributed by atoms with van der Waals surface area (Å²) in [7, 11) is 2.76. The zero-order valence-electron chi connectivity index (χ0n) is 17.9. The number of hydrazine groups is 1. The highest BCUT2D eigenvalue weighted by atomic mass is 32.2. The molecule has 2 unspecified atom stereocenters. The normalized spacial score (nSPS) is 27.3. The van der Waals surface area contributed by atoms with Gasteiger partial charge in [-0.2, -0.15) is 0 Å². The Morgan fingerprint density at radius 2 is 1.45 bits per heavy atom. The van der Waals surface area contributed by atoms with Crippen LogP contribution in [0.2, 0.25) is 0 Å². The molecule has 29 heavy (non-hydrogen) atoms. The van der Waals surface area contributed by atoms with Crippen LogP contribution in [0.1, 0.15) is 96.3 Å². The summed E-state index contributed by atoms with van der Waals surface area (Å²) in [6.45, 7) is 1.88. The van der Waals surface area contributed by atoms with Gasteiger partial charge < -0.3 is 0 Å². The van der Waals surface area contributed by atoms with Crippen LogP contribution in [0.15, 0.2) is 0 Å². The van der Waals surface area contributed by atoms with Crippen molar-refractivity contribution >= 4 is 33.0 Å². The highest BCUT2D eigenvalue weighted by molar-refractivity contribution is 7.97. The minimum atomic E-state index is -0.420. The quantitative estimate of drug-likeness (QED) is 0.290. The Balaban J connectivity index is 1.43. The smallest absolute Gasteiger partial charge is 0.248 e. The average Bonchev–Trinajstić information content (AvgIpc) is 2.93. The standard InChI is InChI=1S/C22H40N3O2PS/c26-20(23-24-21(27)22(28)14-8-4-5-9-15-22)18-11-10-16-25(17-18)29-19-12-6-2-1-3-7-13-19/h18-19H,1-17,28H2,(H,23,26)(H,24,27). The van der Waals surface area contributed by atoms with Crippen molar-refractivity contribution in [1.82, 2.24) is 15.2 Å². The van der Waals surface area contributed by atoms with Gasteiger partial charge in [0.1, 0.15) is 0 Å². The Hall–Kier alpha value is -0.320.